The van der Waals surface area contributed by atoms with Gasteiger partial charge >= 0.3 is 0 Å². The third kappa shape index (κ3) is 2.95. The SMILES string of the molecule is CC(c1ccccn1)C(Br)c1cccc(Br)c1Cl. The van der Waals surface area contributed by atoms with Crippen molar-refractivity contribution in [3.8, 4) is 0 Å². The lowest BCUT2D eigenvalue weighted by Gasteiger charge is -2.19. The van der Waals surface area contributed by atoms with E-state index in [1.54, 1.807) is 0 Å². The van der Waals surface area contributed by atoms with Gasteiger partial charge in [-0.1, -0.05) is 52.7 Å². The van der Waals surface area contributed by atoms with Crippen LogP contribution >= 0.6 is 43.5 Å². The minimum absolute atomic E-state index is 0.136. The largest absolute Gasteiger partial charge is 0.261 e. The van der Waals surface area contributed by atoms with Crippen LogP contribution in [0.3, 0.4) is 0 Å². The van der Waals surface area contributed by atoms with Gasteiger partial charge in [0, 0.05) is 27.1 Å². The zero-order chi connectivity index (χ0) is 13.1. The van der Waals surface area contributed by atoms with Gasteiger partial charge < -0.3 is 0 Å². The van der Waals surface area contributed by atoms with Crippen LogP contribution in [0, 0.1) is 0 Å². The lowest BCUT2D eigenvalue weighted by molar-refractivity contribution is 0.724. The van der Waals surface area contributed by atoms with Gasteiger partial charge in [0.2, 0.25) is 0 Å². The molecule has 1 heterocycles. The Balaban J connectivity index is 2.31. The molecule has 18 heavy (non-hydrogen) atoms. The Labute approximate surface area is 129 Å². The number of benzene rings is 1. The van der Waals surface area contributed by atoms with Gasteiger partial charge in [-0.2, -0.15) is 0 Å². The van der Waals surface area contributed by atoms with Crippen LogP contribution in [0.4, 0.5) is 0 Å². The lowest BCUT2D eigenvalue weighted by Crippen LogP contribution is -2.04. The van der Waals surface area contributed by atoms with Gasteiger partial charge in [0.1, 0.15) is 0 Å². The fraction of sp³-hybridized carbons (Fsp3) is 0.214. The average molecular weight is 390 g/mol. The number of hydrogen-bond acceptors (Lipinski definition) is 1. The Hall–Kier alpha value is -0.380. The Morgan fingerprint density at radius 3 is 2.61 bits per heavy atom. The summed E-state index contributed by atoms with van der Waals surface area (Å²) >= 11 is 13.5. The van der Waals surface area contributed by atoms with Gasteiger partial charge in [0.25, 0.3) is 0 Å². The number of rotatable bonds is 3. The second-order valence-corrected chi connectivity index (χ2v) is 6.31. The van der Waals surface area contributed by atoms with E-state index in [4.69, 9.17) is 11.6 Å². The monoisotopic (exact) mass is 387 g/mol. The number of alkyl halides is 1. The summed E-state index contributed by atoms with van der Waals surface area (Å²) < 4.78 is 0.916. The molecule has 2 atom stereocenters. The van der Waals surface area contributed by atoms with Crippen LogP contribution in [0.25, 0.3) is 0 Å². The van der Waals surface area contributed by atoms with Gasteiger partial charge in [0.05, 0.1) is 5.02 Å². The molecule has 0 N–H and O–H groups in total. The summed E-state index contributed by atoms with van der Waals surface area (Å²) in [5.74, 6) is 0.248. The van der Waals surface area contributed by atoms with Crippen molar-refractivity contribution in [2.45, 2.75) is 17.7 Å². The summed E-state index contributed by atoms with van der Waals surface area (Å²) in [5, 5.41) is 0.752. The Bertz CT molecular complexity index is 531. The number of hydrogen-bond donors (Lipinski definition) is 0. The molecule has 4 heteroatoms. The molecule has 2 rings (SSSR count). The molecular weight excluding hydrogens is 377 g/mol. The van der Waals surface area contributed by atoms with Gasteiger partial charge in [-0.25, -0.2) is 0 Å². The van der Waals surface area contributed by atoms with Crippen LogP contribution in [-0.4, -0.2) is 4.98 Å². The highest BCUT2D eigenvalue weighted by Crippen LogP contribution is 2.41. The lowest BCUT2D eigenvalue weighted by atomic mass is 9.97. The first kappa shape index (κ1) is 14.0. The molecule has 0 spiro atoms. The fourth-order valence-electron chi connectivity index (χ4n) is 1.80. The zero-order valence-corrected chi connectivity index (χ0v) is 13.7. The maximum Gasteiger partial charge on any atom is 0.0591 e. The Morgan fingerprint density at radius 1 is 1.17 bits per heavy atom. The summed E-state index contributed by atoms with van der Waals surface area (Å²) in [6, 6.07) is 11.9. The maximum absolute atomic E-state index is 6.32. The molecule has 0 radical (unpaired) electrons. The van der Waals surface area contributed by atoms with Crippen molar-refractivity contribution in [3.05, 3.63) is 63.3 Å². The first-order valence-electron chi connectivity index (χ1n) is 5.60. The molecule has 2 aromatic rings. The molecule has 1 aromatic heterocycles. The summed E-state index contributed by atoms with van der Waals surface area (Å²) in [4.78, 5) is 4.53. The molecule has 1 aromatic carbocycles. The second-order valence-electron chi connectivity index (χ2n) is 4.09. The zero-order valence-electron chi connectivity index (χ0n) is 9.78. The Morgan fingerprint density at radius 2 is 1.94 bits per heavy atom. The van der Waals surface area contributed by atoms with Crippen molar-refractivity contribution < 1.29 is 0 Å². The molecule has 0 amide bonds. The van der Waals surface area contributed by atoms with Gasteiger partial charge in [-0.05, 0) is 39.7 Å². The van der Waals surface area contributed by atoms with Crippen molar-refractivity contribution in [3.63, 3.8) is 0 Å². The predicted octanol–water partition coefficient (Wildman–Crippen LogP) is 5.74. The van der Waals surface area contributed by atoms with E-state index in [-0.39, 0.29) is 10.7 Å². The van der Waals surface area contributed by atoms with E-state index < -0.39 is 0 Å². The fourth-order valence-corrected chi connectivity index (χ4v) is 3.21. The predicted molar refractivity (Wildman–Crippen MR) is 83.5 cm³/mol. The van der Waals surface area contributed by atoms with Crippen molar-refractivity contribution in [1.29, 1.82) is 0 Å². The third-order valence-electron chi connectivity index (χ3n) is 2.87. The van der Waals surface area contributed by atoms with Crippen LogP contribution in [0.1, 0.15) is 28.9 Å². The summed E-state index contributed by atoms with van der Waals surface area (Å²) in [6.07, 6.45) is 1.81. The van der Waals surface area contributed by atoms with E-state index in [2.05, 4.69) is 43.8 Å². The highest BCUT2D eigenvalue weighted by Gasteiger charge is 2.21. The minimum atomic E-state index is 0.136. The van der Waals surface area contributed by atoms with Gasteiger partial charge in [-0.3, -0.25) is 4.98 Å². The smallest absolute Gasteiger partial charge is 0.0591 e. The van der Waals surface area contributed by atoms with Crippen molar-refractivity contribution in [2.24, 2.45) is 0 Å². The molecule has 2 unspecified atom stereocenters. The highest BCUT2D eigenvalue weighted by molar-refractivity contribution is 9.10. The molecule has 0 aliphatic carbocycles. The standard InChI is InChI=1S/C14H12Br2ClN/c1-9(12-7-2-3-8-18-12)13(16)10-5-4-6-11(15)14(10)17/h2-9,13H,1H3. The topological polar surface area (TPSA) is 12.9 Å². The molecule has 0 saturated carbocycles. The molecule has 0 aliphatic rings. The molecule has 0 saturated heterocycles. The van der Waals surface area contributed by atoms with E-state index in [0.29, 0.717) is 0 Å². The normalized spacial score (nSPS) is 14.2. The molecule has 1 nitrogen and oxygen atoms in total. The maximum atomic E-state index is 6.32. The third-order valence-corrected chi connectivity index (χ3v) is 5.47. The molecule has 0 fully saturated rings. The number of nitrogens with zero attached hydrogens (tertiary/aromatic N) is 1. The van der Waals surface area contributed by atoms with E-state index in [9.17, 15) is 0 Å². The first-order valence-corrected chi connectivity index (χ1v) is 7.69. The van der Waals surface area contributed by atoms with E-state index >= 15 is 0 Å². The van der Waals surface area contributed by atoms with E-state index in [0.717, 1.165) is 20.8 Å². The number of aromatic nitrogens is 1. The van der Waals surface area contributed by atoms with Crippen LogP contribution in [0.5, 0.6) is 0 Å². The van der Waals surface area contributed by atoms with Crippen molar-refractivity contribution >= 4 is 43.5 Å². The number of halogens is 3. The van der Waals surface area contributed by atoms with Crippen LogP contribution < -0.4 is 0 Å². The summed E-state index contributed by atoms with van der Waals surface area (Å²) in [7, 11) is 0. The van der Waals surface area contributed by atoms with E-state index in [1.807, 2.05) is 42.6 Å². The molecule has 0 aliphatic heterocycles. The quantitative estimate of drug-likeness (QED) is 0.610. The molecule has 94 valence electrons. The highest BCUT2D eigenvalue weighted by atomic mass is 79.9. The van der Waals surface area contributed by atoms with Gasteiger partial charge in [-0.15, -0.1) is 0 Å². The Kier molecular flexibility index (Phi) is 4.82. The van der Waals surface area contributed by atoms with E-state index in [1.165, 1.54) is 0 Å². The average Bonchev–Trinajstić information content (AvgIpc) is 2.41. The van der Waals surface area contributed by atoms with Gasteiger partial charge in [0.15, 0.2) is 0 Å². The molecular formula is C14H12Br2ClN. The molecule has 0 bridgehead atoms. The van der Waals surface area contributed by atoms with Crippen LogP contribution in [0.15, 0.2) is 47.1 Å². The summed E-state index contributed by atoms with van der Waals surface area (Å²) in [5.41, 5.74) is 2.12. The minimum Gasteiger partial charge on any atom is -0.261 e. The van der Waals surface area contributed by atoms with Crippen LogP contribution in [-0.2, 0) is 0 Å². The first-order chi connectivity index (χ1) is 8.61. The second kappa shape index (κ2) is 6.18. The summed E-state index contributed by atoms with van der Waals surface area (Å²) in [6.45, 7) is 2.14. The van der Waals surface area contributed by atoms with Crippen molar-refractivity contribution in [2.75, 3.05) is 0 Å². The van der Waals surface area contributed by atoms with Crippen molar-refractivity contribution in [1.82, 2.24) is 4.98 Å². The van der Waals surface area contributed by atoms with Crippen LogP contribution in [0.2, 0.25) is 5.02 Å². The number of pyridine rings is 1.